The van der Waals surface area contributed by atoms with E-state index >= 15 is 0 Å². The largest absolute Gasteiger partial charge is 0.466 e. The monoisotopic (exact) mass is 244 g/mol. The Morgan fingerprint density at radius 1 is 1.29 bits per heavy atom. The van der Waals surface area contributed by atoms with Crippen molar-refractivity contribution in [2.75, 3.05) is 6.61 Å². The summed E-state index contributed by atoms with van der Waals surface area (Å²) in [7, 11) is 0. The maximum atomic E-state index is 11.2. The van der Waals surface area contributed by atoms with Crippen LogP contribution in [-0.4, -0.2) is 30.0 Å². The van der Waals surface area contributed by atoms with Crippen LogP contribution in [0.15, 0.2) is 5.10 Å². The molecule has 0 atom stereocenters. The second kappa shape index (κ2) is 6.88. The van der Waals surface area contributed by atoms with E-state index in [1.54, 1.807) is 34.6 Å². The first-order chi connectivity index (χ1) is 7.74. The van der Waals surface area contributed by atoms with E-state index in [9.17, 15) is 9.59 Å². The van der Waals surface area contributed by atoms with E-state index in [0.717, 1.165) is 0 Å². The molecule has 0 aromatic rings. The van der Waals surface area contributed by atoms with Gasteiger partial charge in [0.2, 0.25) is 0 Å². The number of nitrogens with one attached hydrogen (secondary N) is 1. The van der Waals surface area contributed by atoms with E-state index in [-0.39, 0.29) is 12.4 Å². The van der Waals surface area contributed by atoms with Crippen LogP contribution < -0.4 is 5.43 Å². The van der Waals surface area contributed by atoms with Gasteiger partial charge in [-0.25, -0.2) is 10.2 Å². The minimum Gasteiger partial charge on any atom is -0.466 e. The summed E-state index contributed by atoms with van der Waals surface area (Å²) in [4.78, 5) is 22.3. The number of carbonyl (C=O) groups excluding carboxylic acids is 2. The molecule has 6 heteroatoms. The Balaban J connectivity index is 4.07. The van der Waals surface area contributed by atoms with Gasteiger partial charge in [0.05, 0.1) is 13.0 Å². The van der Waals surface area contributed by atoms with Gasteiger partial charge in [-0.05, 0) is 34.6 Å². The van der Waals surface area contributed by atoms with Crippen molar-refractivity contribution in [3.05, 3.63) is 0 Å². The number of ether oxygens (including phenoxy) is 2. The summed E-state index contributed by atoms with van der Waals surface area (Å²) < 4.78 is 9.70. The molecule has 98 valence electrons. The highest BCUT2D eigenvalue weighted by atomic mass is 16.6. The highest BCUT2D eigenvalue weighted by molar-refractivity contribution is 5.97. The maximum Gasteiger partial charge on any atom is 0.428 e. The lowest BCUT2D eigenvalue weighted by atomic mass is 10.2. The van der Waals surface area contributed by atoms with Crippen molar-refractivity contribution in [1.29, 1.82) is 0 Å². The Bertz CT molecular complexity index is 305. The summed E-state index contributed by atoms with van der Waals surface area (Å²) >= 11 is 0. The Morgan fingerprint density at radius 2 is 1.88 bits per heavy atom. The molecule has 0 unspecified atom stereocenters. The molecule has 0 aliphatic carbocycles. The molecule has 0 aromatic carbocycles. The number of hydrogen-bond acceptors (Lipinski definition) is 5. The third-order valence-electron chi connectivity index (χ3n) is 1.44. The lowest BCUT2D eigenvalue weighted by Crippen LogP contribution is -2.30. The fraction of sp³-hybridized carbons (Fsp3) is 0.727. The molecular formula is C11H20N2O4. The van der Waals surface area contributed by atoms with Crippen molar-refractivity contribution in [1.82, 2.24) is 5.43 Å². The van der Waals surface area contributed by atoms with Gasteiger partial charge < -0.3 is 9.47 Å². The molecule has 0 aromatic heterocycles. The molecule has 0 fully saturated rings. The predicted molar refractivity (Wildman–Crippen MR) is 63.7 cm³/mol. The number of esters is 1. The molecule has 1 N–H and O–H groups in total. The fourth-order valence-corrected chi connectivity index (χ4v) is 0.902. The fourth-order valence-electron chi connectivity index (χ4n) is 0.902. The number of hydrazone groups is 1. The van der Waals surface area contributed by atoms with Gasteiger partial charge in [0.15, 0.2) is 0 Å². The molecule has 0 aliphatic rings. The zero-order valence-corrected chi connectivity index (χ0v) is 11.0. The molecule has 0 saturated carbocycles. The van der Waals surface area contributed by atoms with Crippen molar-refractivity contribution in [3.63, 3.8) is 0 Å². The molecule has 0 spiro atoms. The van der Waals surface area contributed by atoms with Gasteiger partial charge in [0.1, 0.15) is 5.60 Å². The van der Waals surface area contributed by atoms with Crippen LogP contribution in [0.4, 0.5) is 4.79 Å². The molecule has 17 heavy (non-hydrogen) atoms. The van der Waals surface area contributed by atoms with Crippen molar-refractivity contribution in [2.45, 2.75) is 46.6 Å². The van der Waals surface area contributed by atoms with Crippen LogP contribution in [0.25, 0.3) is 0 Å². The third-order valence-corrected chi connectivity index (χ3v) is 1.44. The molecule has 0 bridgehead atoms. The number of hydrogen-bond donors (Lipinski definition) is 1. The molecule has 1 amide bonds. The zero-order valence-electron chi connectivity index (χ0n) is 11.0. The smallest absolute Gasteiger partial charge is 0.428 e. The number of amides is 1. The van der Waals surface area contributed by atoms with Crippen molar-refractivity contribution >= 4 is 17.8 Å². The zero-order chi connectivity index (χ0) is 13.5. The SMILES string of the molecule is CCOC(=O)C/C(C)=N\NC(=O)OC(C)(C)C. The Kier molecular flexibility index (Phi) is 6.23. The van der Waals surface area contributed by atoms with Crippen molar-refractivity contribution < 1.29 is 19.1 Å². The van der Waals surface area contributed by atoms with Crippen LogP contribution in [0.5, 0.6) is 0 Å². The Hall–Kier alpha value is -1.59. The van der Waals surface area contributed by atoms with Crippen molar-refractivity contribution in [3.8, 4) is 0 Å². The summed E-state index contributed by atoms with van der Waals surface area (Å²) in [5.41, 5.74) is 2.08. The van der Waals surface area contributed by atoms with E-state index in [1.807, 2.05) is 0 Å². The molecule has 0 saturated heterocycles. The second-order valence-corrected chi connectivity index (χ2v) is 4.44. The summed E-state index contributed by atoms with van der Waals surface area (Å²) in [6.45, 7) is 8.93. The number of carbonyl (C=O) groups is 2. The first-order valence-electron chi connectivity index (χ1n) is 5.42. The predicted octanol–water partition coefficient (Wildman–Crippen LogP) is 1.84. The summed E-state index contributed by atoms with van der Waals surface area (Å²) in [6.07, 6.45) is -0.607. The van der Waals surface area contributed by atoms with Crippen LogP contribution in [-0.2, 0) is 14.3 Å². The van der Waals surface area contributed by atoms with Crippen LogP contribution in [0.3, 0.4) is 0 Å². The first kappa shape index (κ1) is 15.4. The minimum absolute atomic E-state index is 0.0453. The van der Waals surface area contributed by atoms with E-state index in [2.05, 4.69) is 10.5 Å². The maximum absolute atomic E-state index is 11.2. The summed E-state index contributed by atoms with van der Waals surface area (Å²) in [6, 6.07) is 0. The molecule has 0 aliphatic heterocycles. The highest BCUT2D eigenvalue weighted by Gasteiger charge is 2.15. The van der Waals surface area contributed by atoms with E-state index < -0.39 is 11.7 Å². The second-order valence-electron chi connectivity index (χ2n) is 4.44. The third kappa shape index (κ3) is 9.35. The van der Waals surface area contributed by atoms with Crippen LogP contribution in [0.1, 0.15) is 41.0 Å². The molecular weight excluding hydrogens is 224 g/mol. The quantitative estimate of drug-likeness (QED) is 0.465. The Morgan fingerprint density at radius 3 is 2.35 bits per heavy atom. The van der Waals surface area contributed by atoms with Gasteiger partial charge >= 0.3 is 12.1 Å². The number of nitrogens with zero attached hydrogens (tertiary/aromatic N) is 1. The van der Waals surface area contributed by atoms with Gasteiger partial charge in [0, 0.05) is 5.71 Å². The molecule has 6 nitrogen and oxygen atoms in total. The number of rotatable bonds is 4. The van der Waals surface area contributed by atoms with E-state index in [1.165, 1.54) is 0 Å². The average molecular weight is 244 g/mol. The van der Waals surface area contributed by atoms with Crippen molar-refractivity contribution in [2.24, 2.45) is 5.10 Å². The highest BCUT2D eigenvalue weighted by Crippen LogP contribution is 2.06. The van der Waals surface area contributed by atoms with Gasteiger partial charge in [-0.3, -0.25) is 4.79 Å². The Labute approximate surface area is 101 Å². The summed E-state index contributed by atoms with van der Waals surface area (Å²) in [5.74, 6) is -0.375. The minimum atomic E-state index is -0.652. The van der Waals surface area contributed by atoms with Crippen LogP contribution in [0.2, 0.25) is 0 Å². The van der Waals surface area contributed by atoms with Crippen LogP contribution >= 0.6 is 0 Å². The van der Waals surface area contributed by atoms with Gasteiger partial charge in [-0.2, -0.15) is 5.10 Å². The molecule has 0 heterocycles. The lowest BCUT2D eigenvalue weighted by Gasteiger charge is -2.18. The lowest BCUT2D eigenvalue weighted by molar-refractivity contribution is -0.141. The van der Waals surface area contributed by atoms with E-state index in [0.29, 0.717) is 12.3 Å². The van der Waals surface area contributed by atoms with E-state index in [4.69, 9.17) is 9.47 Å². The standard InChI is InChI=1S/C11H20N2O4/c1-6-16-9(14)7-8(2)12-13-10(15)17-11(3,4)5/h6-7H2,1-5H3,(H,13,15)/b12-8-. The van der Waals surface area contributed by atoms with Crippen LogP contribution in [0, 0.1) is 0 Å². The molecule has 0 rings (SSSR count). The summed E-state index contributed by atoms with van der Waals surface area (Å²) in [5, 5.41) is 3.72. The molecule has 0 radical (unpaired) electrons. The topological polar surface area (TPSA) is 77.0 Å². The normalized spacial score (nSPS) is 11.9. The van der Waals surface area contributed by atoms with Gasteiger partial charge in [-0.1, -0.05) is 0 Å². The first-order valence-corrected chi connectivity index (χ1v) is 5.42. The van der Waals surface area contributed by atoms with Gasteiger partial charge in [-0.15, -0.1) is 0 Å². The van der Waals surface area contributed by atoms with Gasteiger partial charge in [0.25, 0.3) is 0 Å². The average Bonchev–Trinajstić information content (AvgIpc) is 2.12.